The van der Waals surface area contributed by atoms with Crippen LogP contribution in [0, 0.1) is 0 Å². The Morgan fingerprint density at radius 3 is 2.73 bits per heavy atom. The quantitative estimate of drug-likeness (QED) is 0.382. The van der Waals surface area contributed by atoms with E-state index >= 15 is 0 Å². The van der Waals surface area contributed by atoms with Crippen molar-refractivity contribution < 1.29 is 18.7 Å². The Labute approximate surface area is 154 Å². The highest BCUT2D eigenvalue weighted by atomic mass is 32.2. The number of benzene rings is 1. The van der Waals surface area contributed by atoms with Crippen LogP contribution < -0.4 is 10.6 Å². The van der Waals surface area contributed by atoms with Gasteiger partial charge >= 0.3 is 5.97 Å². The van der Waals surface area contributed by atoms with Crippen molar-refractivity contribution in [2.75, 3.05) is 19.6 Å². The Kier molecular flexibility index (Phi) is 5.47. The molecule has 1 aromatic carbocycles. The van der Waals surface area contributed by atoms with Crippen LogP contribution in [0.4, 0.5) is 0 Å². The normalized spacial score (nSPS) is 10.7. The maximum absolute atomic E-state index is 11.9. The summed E-state index contributed by atoms with van der Waals surface area (Å²) in [6, 6.07) is 8.94. The molecule has 0 aliphatic carbocycles. The molecule has 2 heterocycles. The van der Waals surface area contributed by atoms with E-state index in [2.05, 4.69) is 10.2 Å². The van der Waals surface area contributed by atoms with E-state index < -0.39 is 5.97 Å². The third-order valence-electron chi connectivity index (χ3n) is 3.59. The van der Waals surface area contributed by atoms with Gasteiger partial charge in [0.05, 0.1) is 25.7 Å². The van der Waals surface area contributed by atoms with Gasteiger partial charge in [-0.15, -0.1) is 10.2 Å². The molecule has 0 unspecified atom stereocenters. The Balaban J connectivity index is 1.73. The highest BCUT2D eigenvalue weighted by Gasteiger charge is 2.18. The fraction of sp³-hybridized carbons (Fsp3) is 0.235. The predicted octanol–water partition coefficient (Wildman–Crippen LogP) is 2.73. The number of furan rings is 1. The lowest BCUT2D eigenvalue weighted by Crippen LogP contribution is -2.11. The molecule has 0 amide bonds. The van der Waals surface area contributed by atoms with Crippen molar-refractivity contribution in [3.05, 3.63) is 47.9 Å². The molecule has 0 aliphatic rings. The lowest BCUT2D eigenvalue weighted by atomic mass is 10.2. The third kappa shape index (κ3) is 3.67. The Bertz CT molecular complexity index is 889. The molecule has 3 rings (SSSR count). The molecule has 2 aromatic heterocycles. The topological polar surface area (TPSA) is 105 Å². The number of hydrogen-bond donors (Lipinski definition) is 1. The molecule has 0 atom stereocenters. The van der Waals surface area contributed by atoms with Crippen LogP contribution in [0.25, 0.3) is 11.4 Å². The first-order valence-corrected chi connectivity index (χ1v) is 8.83. The Hall–Kier alpha value is -2.94. The minimum absolute atomic E-state index is 0.305. The number of ether oxygens (including phenoxy) is 2. The lowest BCUT2D eigenvalue weighted by Gasteiger charge is -2.05. The number of nitrogens with two attached hydrogens (primary N) is 1. The maximum atomic E-state index is 11.9. The number of carbonyl (C=O) groups excluding carboxylic acids is 1. The van der Waals surface area contributed by atoms with Crippen molar-refractivity contribution in [1.29, 1.82) is 0 Å². The average molecular weight is 374 g/mol. The molecule has 3 aromatic rings. The van der Waals surface area contributed by atoms with Crippen molar-refractivity contribution in [1.82, 2.24) is 14.9 Å². The molecular formula is C17H18N4O4S. The van der Waals surface area contributed by atoms with Crippen LogP contribution in [0.3, 0.4) is 0 Å². The summed E-state index contributed by atoms with van der Waals surface area (Å²) in [6.45, 7) is 2.06. The first-order valence-electron chi connectivity index (χ1n) is 7.85. The fourth-order valence-corrected chi connectivity index (χ4v) is 3.09. The summed E-state index contributed by atoms with van der Waals surface area (Å²) < 4.78 is 16.9. The Morgan fingerprint density at radius 2 is 2.04 bits per heavy atom. The molecule has 0 saturated heterocycles. The summed E-state index contributed by atoms with van der Waals surface area (Å²) in [5, 5.41) is 8.74. The van der Waals surface area contributed by atoms with Gasteiger partial charge in [0.25, 0.3) is 0 Å². The largest absolute Gasteiger partial charge is 0.497 e. The average Bonchev–Trinajstić information content (AvgIpc) is 3.27. The molecule has 8 nitrogen and oxygen atoms in total. The molecule has 2 N–H and O–H groups in total. The minimum atomic E-state index is -0.412. The van der Waals surface area contributed by atoms with Crippen molar-refractivity contribution in [2.45, 2.75) is 17.8 Å². The molecule has 136 valence electrons. The van der Waals surface area contributed by atoms with E-state index in [1.807, 2.05) is 24.3 Å². The van der Waals surface area contributed by atoms with Gasteiger partial charge in [-0.05, 0) is 37.3 Å². The van der Waals surface area contributed by atoms with Crippen LogP contribution >= 0.6 is 11.8 Å². The summed E-state index contributed by atoms with van der Waals surface area (Å²) in [7, 11) is 1.61. The zero-order chi connectivity index (χ0) is 18.5. The van der Waals surface area contributed by atoms with Crippen molar-refractivity contribution in [3.8, 4) is 17.1 Å². The van der Waals surface area contributed by atoms with Crippen LogP contribution in [-0.2, 0) is 10.5 Å². The van der Waals surface area contributed by atoms with Gasteiger partial charge in [0.15, 0.2) is 5.82 Å². The molecule has 0 aliphatic heterocycles. The monoisotopic (exact) mass is 374 g/mol. The molecule has 0 spiro atoms. The van der Waals surface area contributed by atoms with Gasteiger partial charge in [-0.3, -0.25) is 0 Å². The second-order valence-corrected chi connectivity index (χ2v) is 6.11. The predicted molar refractivity (Wildman–Crippen MR) is 96.4 cm³/mol. The van der Waals surface area contributed by atoms with E-state index in [4.69, 9.17) is 19.7 Å². The van der Waals surface area contributed by atoms with E-state index in [1.54, 1.807) is 20.1 Å². The minimum Gasteiger partial charge on any atom is -0.497 e. The van der Waals surface area contributed by atoms with Gasteiger partial charge in [0.1, 0.15) is 17.1 Å². The van der Waals surface area contributed by atoms with E-state index in [9.17, 15) is 4.79 Å². The second-order valence-electron chi connectivity index (χ2n) is 5.17. The summed E-state index contributed by atoms with van der Waals surface area (Å²) in [5.74, 6) is 7.85. The van der Waals surface area contributed by atoms with Crippen molar-refractivity contribution in [2.24, 2.45) is 0 Å². The lowest BCUT2D eigenvalue weighted by molar-refractivity contribution is 0.0524. The van der Waals surface area contributed by atoms with E-state index in [0.717, 1.165) is 11.3 Å². The zero-order valence-corrected chi connectivity index (χ0v) is 15.2. The van der Waals surface area contributed by atoms with Gasteiger partial charge in [-0.1, -0.05) is 11.8 Å². The number of rotatable bonds is 7. The highest BCUT2D eigenvalue weighted by molar-refractivity contribution is 7.98. The summed E-state index contributed by atoms with van der Waals surface area (Å²) in [5.41, 5.74) is 1.22. The number of esters is 1. The van der Waals surface area contributed by atoms with Crippen molar-refractivity contribution >= 4 is 17.7 Å². The number of carbonyl (C=O) groups is 1. The molecule has 0 radical (unpaired) electrons. The Morgan fingerprint density at radius 1 is 1.27 bits per heavy atom. The van der Waals surface area contributed by atoms with E-state index in [-0.39, 0.29) is 0 Å². The maximum Gasteiger partial charge on any atom is 0.341 e. The number of aromatic nitrogens is 3. The molecule has 0 saturated carbocycles. The summed E-state index contributed by atoms with van der Waals surface area (Å²) >= 11 is 1.32. The first-order chi connectivity index (χ1) is 12.6. The number of hydrogen-bond acceptors (Lipinski definition) is 8. The number of nitrogen functional groups attached to an aromatic ring is 1. The van der Waals surface area contributed by atoms with Crippen LogP contribution in [0.2, 0.25) is 0 Å². The second kappa shape index (κ2) is 7.96. The van der Waals surface area contributed by atoms with Crippen LogP contribution in [0.15, 0.2) is 46.2 Å². The summed E-state index contributed by atoms with van der Waals surface area (Å²) in [6.07, 6.45) is 1.46. The van der Waals surface area contributed by atoms with E-state index in [0.29, 0.717) is 34.7 Å². The number of nitrogens with zero attached hydrogens (tertiary/aromatic N) is 3. The number of thioether (sulfide) groups is 1. The van der Waals surface area contributed by atoms with Crippen LogP contribution in [-0.4, -0.2) is 34.6 Å². The molecule has 9 heteroatoms. The van der Waals surface area contributed by atoms with Gasteiger partial charge in [-0.2, -0.15) is 0 Å². The smallest absolute Gasteiger partial charge is 0.341 e. The van der Waals surface area contributed by atoms with Crippen LogP contribution in [0.1, 0.15) is 23.0 Å². The standard InChI is InChI=1S/C17H18N4O4S/c1-3-24-16(22)13-8-9-25-14(13)10-26-17-20-19-15(21(17)18)11-4-6-12(23-2)7-5-11/h4-9H,3,10,18H2,1-2H3. The fourth-order valence-electron chi connectivity index (χ4n) is 2.29. The third-order valence-corrected chi connectivity index (χ3v) is 4.53. The first kappa shape index (κ1) is 17.9. The molecule has 26 heavy (non-hydrogen) atoms. The zero-order valence-electron chi connectivity index (χ0n) is 14.3. The molecule has 0 bridgehead atoms. The van der Waals surface area contributed by atoms with Gasteiger partial charge in [0, 0.05) is 5.56 Å². The number of methoxy groups -OCH3 is 1. The van der Waals surface area contributed by atoms with Gasteiger partial charge < -0.3 is 19.7 Å². The van der Waals surface area contributed by atoms with Crippen LogP contribution in [0.5, 0.6) is 5.75 Å². The SMILES string of the molecule is CCOC(=O)c1ccoc1CSc1nnc(-c2ccc(OC)cc2)n1N. The summed E-state index contributed by atoms with van der Waals surface area (Å²) in [4.78, 5) is 11.9. The van der Waals surface area contributed by atoms with Gasteiger partial charge in [0.2, 0.25) is 5.16 Å². The molecule has 0 fully saturated rings. The van der Waals surface area contributed by atoms with Crippen molar-refractivity contribution in [3.63, 3.8) is 0 Å². The highest BCUT2D eigenvalue weighted by Crippen LogP contribution is 2.27. The van der Waals surface area contributed by atoms with Gasteiger partial charge in [-0.25, -0.2) is 9.47 Å². The van der Waals surface area contributed by atoms with E-state index in [1.165, 1.54) is 22.7 Å². The molecular weight excluding hydrogens is 356 g/mol.